The maximum atomic E-state index is 5.51. The lowest BCUT2D eigenvalue weighted by atomic mass is 10.2. The van der Waals surface area contributed by atoms with E-state index in [2.05, 4.69) is 43.9 Å². The second-order valence-corrected chi connectivity index (χ2v) is 7.13. The van der Waals surface area contributed by atoms with E-state index in [1.807, 2.05) is 0 Å². The van der Waals surface area contributed by atoms with Gasteiger partial charge in [0, 0.05) is 19.6 Å². The molecule has 5 heteroatoms. The van der Waals surface area contributed by atoms with Crippen molar-refractivity contribution in [2.75, 3.05) is 26.2 Å². The Morgan fingerprint density at radius 2 is 1.55 bits per heavy atom. The van der Waals surface area contributed by atoms with Crippen molar-refractivity contribution in [2.24, 2.45) is 5.73 Å². The standard InChI is InChI=1S/C17H27N3S2/c18-6-1-2-7-19-8-3-9-20(12-16-4-10-21-14-16)13-17-5-11-22-15-17/h4-5,10-11,14-15,19H,1-3,6-9,12-13,18H2. The lowest BCUT2D eigenvalue weighted by Crippen LogP contribution is -2.27. The molecule has 122 valence electrons. The topological polar surface area (TPSA) is 41.3 Å². The highest BCUT2D eigenvalue weighted by Crippen LogP contribution is 2.14. The normalized spacial score (nSPS) is 11.4. The second kappa shape index (κ2) is 10.9. The van der Waals surface area contributed by atoms with E-state index in [-0.39, 0.29) is 0 Å². The number of unbranched alkanes of at least 4 members (excludes halogenated alkanes) is 1. The monoisotopic (exact) mass is 337 g/mol. The highest BCUT2D eigenvalue weighted by Gasteiger charge is 2.07. The van der Waals surface area contributed by atoms with Crippen molar-refractivity contribution >= 4 is 22.7 Å². The zero-order valence-electron chi connectivity index (χ0n) is 13.2. The first-order chi connectivity index (χ1) is 10.9. The van der Waals surface area contributed by atoms with Crippen molar-refractivity contribution < 1.29 is 0 Å². The Balaban J connectivity index is 1.70. The lowest BCUT2D eigenvalue weighted by molar-refractivity contribution is 0.253. The molecule has 0 bridgehead atoms. The van der Waals surface area contributed by atoms with Gasteiger partial charge in [-0.2, -0.15) is 22.7 Å². The molecule has 0 aliphatic heterocycles. The predicted molar refractivity (Wildman–Crippen MR) is 98.5 cm³/mol. The van der Waals surface area contributed by atoms with Crippen molar-refractivity contribution in [1.82, 2.24) is 10.2 Å². The smallest absolute Gasteiger partial charge is 0.0245 e. The zero-order valence-corrected chi connectivity index (χ0v) is 14.8. The Hall–Kier alpha value is -0.720. The number of hydrogen-bond acceptors (Lipinski definition) is 5. The average Bonchev–Trinajstić information content (AvgIpc) is 3.20. The van der Waals surface area contributed by atoms with Crippen molar-refractivity contribution in [3.05, 3.63) is 44.8 Å². The Kier molecular flexibility index (Phi) is 8.75. The molecule has 0 fully saturated rings. The van der Waals surface area contributed by atoms with Gasteiger partial charge in [-0.05, 0) is 83.7 Å². The van der Waals surface area contributed by atoms with Gasteiger partial charge < -0.3 is 11.1 Å². The molecule has 2 heterocycles. The molecule has 0 radical (unpaired) electrons. The molecule has 2 aromatic heterocycles. The molecular weight excluding hydrogens is 310 g/mol. The van der Waals surface area contributed by atoms with Gasteiger partial charge in [0.15, 0.2) is 0 Å². The van der Waals surface area contributed by atoms with Gasteiger partial charge in [0.2, 0.25) is 0 Å². The molecule has 0 aliphatic carbocycles. The van der Waals surface area contributed by atoms with Crippen LogP contribution in [-0.4, -0.2) is 31.1 Å². The minimum atomic E-state index is 0.802. The second-order valence-electron chi connectivity index (χ2n) is 5.57. The van der Waals surface area contributed by atoms with E-state index in [1.165, 1.54) is 24.0 Å². The summed E-state index contributed by atoms with van der Waals surface area (Å²) in [7, 11) is 0. The number of hydrogen-bond donors (Lipinski definition) is 2. The highest BCUT2D eigenvalue weighted by atomic mass is 32.1. The van der Waals surface area contributed by atoms with Gasteiger partial charge in [-0.25, -0.2) is 0 Å². The molecule has 0 aromatic carbocycles. The summed E-state index contributed by atoms with van der Waals surface area (Å²) in [5.41, 5.74) is 8.36. The molecule has 22 heavy (non-hydrogen) atoms. The molecule has 3 nitrogen and oxygen atoms in total. The molecular formula is C17H27N3S2. The minimum absolute atomic E-state index is 0.802. The summed E-state index contributed by atoms with van der Waals surface area (Å²) < 4.78 is 0. The van der Waals surface area contributed by atoms with Crippen LogP contribution in [0.25, 0.3) is 0 Å². The van der Waals surface area contributed by atoms with Crippen LogP contribution in [-0.2, 0) is 13.1 Å². The molecule has 2 rings (SSSR count). The van der Waals surface area contributed by atoms with E-state index in [1.54, 1.807) is 22.7 Å². The van der Waals surface area contributed by atoms with Gasteiger partial charge >= 0.3 is 0 Å². The Morgan fingerprint density at radius 1 is 0.909 bits per heavy atom. The third-order valence-electron chi connectivity index (χ3n) is 3.61. The van der Waals surface area contributed by atoms with Crippen LogP contribution in [0.3, 0.4) is 0 Å². The van der Waals surface area contributed by atoms with Crippen LogP contribution in [0.5, 0.6) is 0 Å². The fourth-order valence-electron chi connectivity index (χ4n) is 2.44. The minimum Gasteiger partial charge on any atom is -0.330 e. The maximum Gasteiger partial charge on any atom is 0.0245 e. The molecule has 0 spiro atoms. The van der Waals surface area contributed by atoms with Crippen LogP contribution in [0, 0.1) is 0 Å². The number of thiophene rings is 2. The van der Waals surface area contributed by atoms with E-state index >= 15 is 0 Å². The predicted octanol–water partition coefficient (Wildman–Crippen LogP) is 3.53. The Bertz CT molecular complexity index is 432. The van der Waals surface area contributed by atoms with Crippen LogP contribution in [0.1, 0.15) is 30.4 Å². The average molecular weight is 338 g/mol. The quantitative estimate of drug-likeness (QED) is 0.582. The molecule has 2 aromatic rings. The largest absolute Gasteiger partial charge is 0.330 e. The Labute approximate surface area is 142 Å². The van der Waals surface area contributed by atoms with Gasteiger partial charge in [-0.1, -0.05) is 0 Å². The van der Waals surface area contributed by atoms with E-state index in [4.69, 9.17) is 5.73 Å². The number of nitrogens with one attached hydrogen (secondary N) is 1. The van der Waals surface area contributed by atoms with E-state index in [0.717, 1.165) is 45.7 Å². The molecule has 0 saturated carbocycles. The number of nitrogens with two attached hydrogens (primary N) is 1. The van der Waals surface area contributed by atoms with E-state index < -0.39 is 0 Å². The van der Waals surface area contributed by atoms with Crippen LogP contribution in [0.15, 0.2) is 33.7 Å². The first-order valence-corrected chi connectivity index (χ1v) is 9.92. The summed E-state index contributed by atoms with van der Waals surface area (Å²) in [4.78, 5) is 2.55. The SMILES string of the molecule is NCCCCNCCCN(Cc1ccsc1)Cc1ccsc1. The molecule has 0 unspecified atom stereocenters. The molecule has 0 saturated heterocycles. The summed E-state index contributed by atoms with van der Waals surface area (Å²) in [5, 5.41) is 12.4. The van der Waals surface area contributed by atoms with Gasteiger partial charge in [0.1, 0.15) is 0 Å². The number of rotatable bonds is 12. The van der Waals surface area contributed by atoms with Gasteiger partial charge in [-0.3, -0.25) is 4.90 Å². The summed E-state index contributed by atoms with van der Waals surface area (Å²) in [6.07, 6.45) is 3.50. The zero-order chi connectivity index (χ0) is 15.5. The van der Waals surface area contributed by atoms with Crippen LogP contribution >= 0.6 is 22.7 Å². The van der Waals surface area contributed by atoms with Gasteiger partial charge in [0.25, 0.3) is 0 Å². The third-order valence-corrected chi connectivity index (χ3v) is 5.07. The van der Waals surface area contributed by atoms with E-state index in [9.17, 15) is 0 Å². The van der Waals surface area contributed by atoms with Gasteiger partial charge in [-0.15, -0.1) is 0 Å². The van der Waals surface area contributed by atoms with Crippen molar-refractivity contribution in [3.63, 3.8) is 0 Å². The first kappa shape index (κ1) is 17.6. The lowest BCUT2D eigenvalue weighted by Gasteiger charge is -2.21. The maximum absolute atomic E-state index is 5.51. The third kappa shape index (κ3) is 7.03. The summed E-state index contributed by atoms with van der Waals surface area (Å²) in [6, 6.07) is 4.46. The summed E-state index contributed by atoms with van der Waals surface area (Å²) in [6.45, 7) is 6.21. The van der Waals surface area contributed by atoms with E-state index in [0.29, 0.717) is 0 Å². The van der Waals surface area contributed by atoms with Crippen molar-refractivity contribution in [3.8, 4) is 0 Å². The van der Waals surface area contributed by atoms with Crippen LogP contribution in [0.2, 0.25) is 0 Å². The summed E-state index contributed by atoms with van der Waals surface area (Å²) >= 11 is 3.56. The van der Waals surface area contributed by atoms with Gasteiger partial charge in [0.05, 0.1) is 0 Å². The number of nitrogens with zero attached hydrogens (tertiary/aromatic N) is 1. The van der Waals surface area contributed by atoms with Crippen LogP contribution < -0.4 is 11.1 Å². The molecule has 0 amide bonds. The fourth-order valence-corrected chi connectivity index (χ4v) is 3.76. The summed E-state index contributed by atoms with van der Waals surface area (Å²) in [5.74, 6) is 0. The highest BCUT2D eigenvalue weighted by molar-refractivity contribution is 7.08. The fraction of sp³-hybridized carbons (Fsp3) is 0.529. The first-order valence-electron chi connectivity index (χ1n) is 8.04. The molecule has 0 atom stereocenters. The molecule has 0 aliphatic rings. The Morgan fingerprint density at radius 3 is 2.09 bits per heavy atom. The van der Waals surface area contributed by atoms with Crippen molar-refractivity contribution in [2.45, 2.75) is 32.4 Å². The van der Waals surface area contributed by atoms with Crippen LogP contribution in [0.4, 0.5) is 0 Å². The molecule has 3 N–H and O–H groups in total. The van der Waals surface area contributed by atoms with Crippen molar-refractivity contribution in [1.29, 1.82) is 0 Å².